The Kier molecular flexibility index (Phi) is 2.12. The summed E-state index contributed by atoms with van der Waals surface area (Å²) < 4.78 is 12.9. The first kappa shape index (κ1) is 8.41. The summed E-state index contributed by atoms with van der Waals surface area (Å²) in [5.74, 6) is 0. The molecule has 0 spiro atoms. The van der Waals surface area contributed by atoms with E-state index in [2.05, 4.69) is 16.8 Å². The van der Waals surface area contributed by atoms with E-state index >= 15 is 0 Å². The highest BCUT2D eigenvalue weighted by Crippen LogP contribution is 2.32. The SMILES string of the molecule is C=C1CC(F)CCC1n1nccn1. The van der Waals surface area contributed by atoms with Crippen LogP contribution in [0.15, 0.2) is 24.5 Å². The predicted molar refractivity (Wildman–Crippen MR) is 46.9 cm³/mol. The summed E-state index contributed by atoms with van der Waals surface area (Å²) in [6.45, 7) is 3.86. The Morgan fingerprint density at radius 1 is 1.38 bits per heavy atom. The summed E-state index contributed by atoms with van der Waals surface area (Å²) in [7, 11) is 0. The number of allylic oxidation sites excluding steroid dienone is 1. The monoisotopic (exact) mass is 181 g/mol. The Hall–Kier alpha value is -1.19. The van der Waals surface area contributed by atoms with Gasteiger partial charge in [-0.25, -0.2) is 4.39 Å². The second kappa shape index (κ2) is 3.28. The van der Waals surface area contributed by atoms with Gasteiger partial charge in [0.1, 0.15) is 6.17 Å². The van der Waals surface area contributed by atoms with Gasteiger partial charge in [0.05, 0.1) is 18.4 Å². The summed E-state index contributed by atoms with van der Waals surface area (Å²) in [5, 5.41) is 8.08. The van der Waals surface area contributed by atoms with E-state index in [0.29, 0.717) is 12.8 Å². The van der Waals surface area contributed by atoms with Crippen molar-refractivity contribution in [3.63, 3.8) is 0 Å². The summed E-state index contributed by atoms with van der Waals surface area (Å²) in [6.07, 6.45) is 4.34. The van der Waals surface area contributed by atoms with Gasteiger partial charge < -0.3 is 0 Å². The van der Waals surface area contributed by atoms with Gasteiger partial charge in [-0.1, -0.05) is 6.58 Å². The fraction of sp³-hybridized carbons (Fsp3) is 0.556. The highest BCUT2D eigenvalue weighted by atomic mass is 19.1. The molecule has 0 aromatic carbocycles. The average Bonchev–Trinajstić information content (AvgIpc) is 2.56. The first-order valence-corrected chi connectivity index (χ1v) is 4.45. The van der Waals surface area contributed by atoms with E-state index in [1.54, 1.807) is 17.2 Å². The van der Waals surface area contributed by atoms with E-state index in [4.69, 9.17) is 0 Å². The van der Waals surface area contributed by atoms with Gasteiger partial charge in [-0.3, -0.25) is 0 Å². The maximum absolute atomic E-state index is 12.9. The van der Waals surface area contributed by atoms with Crippen molar-refractivity contribution < 1.29 is 4.39 Å². The lowest BCUT2D eigenvalue weighted by Crippen LogP contribution is -2.22. The van der Waals surface area contributed by atoms with Crippen molar-refractivity contribution in [2.45, 2.75) is 31.5 Å². The molecule has 4 heteroatoms. The molecule has 1 aliphatic carbocycles. The van der Waals surface area contributed by atoms with Crippen LogP contribution in [0.2, 0.25) is 0 Å². The van der Waals surface area contributed by atoms with Gasteiger partial charge >= 0.3 is 0 Å². The van der Waals surface area contributed by atoms with Crippen molar-refractivity contribution in [3.8, 4) is 0 Å². The van der Waals surface area contributed by atoms with Crippen molar-refractivity contribution in [1.29, 1.82) is 0 Å². The van der Waals surface area contributed by atoms with Gasteiger partial charge in [-0.15, -0.1) is 0 Å². The van der Waals surface area contributed by atoms with Gasteiger partial charge in [-0.05, 0) is 18.4 Å². The lowest BCUT2D eigenvalue weighted by Gasteiger charge is -2.25. The molecule has 0 aliphatic heterocycles. The van der Waals surface area contributed by atoms with E-state index in [0.717, 1.165) is 12.0 Å². The fourth-order valence-corrected chi connectivity index (χ4v) is 1.73. The molecule has 3 nitrogen and oxygen atoms in total. The zero-order chi connectivity index (χ0) is 9.26. The number of hydrogen-bond acceptors (Lipinski definition) is 2. The maximum atomic E-state index is 12.9. The second-order valence-electron chi connectivity index (χ2n) is 3.40. The van der Waals surface area contributed by atoms with Crippen LogP contribution in [0.5, 0.6) is 0 Å². The van der Waals surface area contributed by atoms with E-state index in [1.807, 2.05) is 0 Å². The summed E-state index contributed by atoms with van der Waals surface area (Å²) >= 11 is 0. The van der Waals surface area contributed by atoms with Crippen molar-refractivity contribution in [2.24, 2.45) is 0 Å². The molecule has 1 aliphatic rings. The van der Waals surface area contributed by atoms with Gasteiger partial charge in [0.25, 0.3) is 0 Å². The molecule has 1 fully saturated rings. The quantitative estimate of drug-likeness (QED) is 0.619. The van der Waals surface area contributed by atoms with Gasteiger partial charge in [0.15, 0.2) is 0 Å². The first-order chi connectivity index (χ1) is 6.27. The number of alkyl halides is 1. The third-order valence-electron chi connectivity index (χ3n) is 2.42. The van der Waals surface area contributed by atoms with Crippen LogP contribution >= 0.6 is 0 Å². The maximum Gasteiger partial charge on any atom is 0.104 e. The molecule has 1 saturated carbocycles. The normalized spacial score (nSPS) is 29.2. The molecule has 13 heavy (non-hydrogen) atoms. The Morgan fingerprint density at radius 3 is 2.69 bits per heavy atom. The number of hydrogen-bond donors (Lipinski definition) is 0. The molecule has 0 amide bonds. The van der Waals surface area contributed by atoms with Gasteiger partial charge in [0, 0.05) is 6.42 Å². The number of nitrogens with zero attached hydrogens (tertiary/aromatic N) is 3. The van der Waals surface area contributed by atoms with Crippen molar-refractivity contribution in [1.82, 2.24) is 15.0 Å². The topological polar surface area (TPSA) is 30.7 Å². The van der Waals surface area contributed by atoms with Crippen LogP contribution in [0, 0.1) is 0 Å². The van der Waals surface area contributed by atoms with Crippen LogP contribution in [-0.4, -0.2) is 21.2 Å². The molecular weight excluding hydrogens is 169 g/mol. The Labute approximate surface area is 76.3 Å². The largest absolute Gasteiger partial charge is 0.247 e. The zero-order valence-corrected chi connectivity index (χ0v) is 7.36. The van der Waals surface area contributed by atoms with Crippen LogP contribution < -0.4 is 0 Å². The lowest BCUT2D eigenvalue weighted by molar-refractivity contribution is 0.241. The summed E-state index contributed by atoms with van der Waals surface area (Å²) in [5.41, 5.74) is 0.898. The lowest BCUT2D eigenvalue weighted by atomic mass is 9.90. The molecule has 0 N–H and O–H groups in total. The zero-order valence-electron chi connectivity index (χ0n) is 7.36. The third kappa shape index (κ3) is 1.61. The molecule has 1 heterocycles. The van der Waals surface area contributed by atoms with Gasteiger partial charge in [-0.2, -0.15) is 15.0 Å². The molecule has 0 saturated heterocycles. The number of rotatable bonds is 1. The smallest absolute Gasteiger partial charge is 0.104 e. The Bertz CT molecular complexity index is 294. The van der Waals surface area contributed by atoms with E-state index in [-0.39, 0.29) is 6.04 Å². The van der Waals surface area contributed by atoms with E-state index in [1.165, 1.54) is 0 Å². The highest BCUT2D eigenvalue weighted by molar-refractivity contribution is 5.07. The Morgan fingerprint density at radius 2 is 2.08 bits per heavy atom. The molecule has 1 aromatic heterocycles. The molecule has 70 valence electrons. The van der Waals surface area contributed by atoms with Crippen molar-refractivity contribution in [2.75, 3.05) is 0 Å². The van der Waals surface area contributed by atoms with E-state index in [9.17, 15) is 4.39 Å². The highest BCUT2D eigenvalue weighted by Gasteiger charge is 2.25. The minimum atomic E-state index is -0.723. The van der Waals surface area contributed by atoms with Crippen LogP contribution in [-0.2, 0) is 0 Å². The number of aromatic nitrogens is 3. The van der Waals surface area contributed by atoms with Crippen LogP contribution in [0.1, 0.15) is 25.3 Å². The second-order valence-corrected chi connectivity index (χ2v) is 3.40. The van der Waals surface area contributed by atoms with Crippen molar-refractivity contribution >= 4 is 0 Å². The third-order valence-corrected chi connectivity index (χ3v) is 2.42. The molecule has 0 bridgehead atoms. The molecule has 2 atom stereocenters. The number of halogens is 1. The fourth-order valence-electron chi connectivity index (χ4n) is 1.73. The molecular formula is C9H12FN3. The van der Waals surface area contributed by atoms with Crippen LogP contribution in [0.4, 0.5) is 4.39 Å². The van der Waals surface area contributed by atoms with Crippen LogP contribution in [0.25, 0.3) is 0 Å². The van der Waals surface area contributed by atoms with E-state index < -0.39 is 6.17 Å². The molecule has 0 radical (unpaired) electrons. The molecule has 2 rings (SSSR count). The van der Waals surface area contributed by atoms with Crippen LogP contribution in [0.3, 0.4) is 0 Å². The minimum absolute atomic E-state index is 0.0991. The van der Waals surface area contributed by atoms with Crippen molar-refractivity contribution in [3.05, 3.63) is 24.5 Å². The Balaban J connectivity index is 2.13. The standard InChI is InChI=1S/C9H12FN3/c1-7-6-8(10)2-3-9(7)13-11-4-5-12-13/h4-5,8-9H,1-3,6H2. The van der Waals surface area contributed by atoms with Gasteiger partial charge in [0.2, 0.25) is 0 Å². The molecule has 2 unspecified atom stereocenters. The molecule has 1 aromatic rings. The summed E-state index contributed by atoms with van der Waals surface area (Å²) in [6, 6.07) is 0.0991. The average molecular weight is 181 g/mol. The predicted octanol–water partition coefficient (Wildman–Crippen LogP) is 1.90. The summed E-state index contributed by atoms with van der Waals surface area (Å²) in [4.78, 5) is 1.62. The first-order valence-electron chi connectivity index (χ1n) is 4.45. The minimum Gasteiger partial charge on any atom is -0.247 e.